The summed E-state index contributed by atoms with van der Waals surface area (Å²) in [7, 11) is 0. The number of hydrazine groups is 1. The molecule has 1 heterocycles. The molecule has 0 radical (unpaired) electrons. The molecule has 16 heavy (non-hydrogen) atoms. The highest BCUT2D eigenvalue weighted by atomic mass is 32.2. The Morgan fingerprint density at radius 3 is 3.00 bits per heavy atom. The maximum atomic E-state index is 13.8. The van der Waals surface area contributed by atoms with Crippen LogP contribution in [0.15, 0.2) is 18.2 Å². The third kappa shape index (κ3) is 2.39. The van der Waals surface area contributed by atoms with Gasteiger partial charge in [-0.15, -0.1) is 0 Å². The normalized spacial score (nSPS) is 22.3. The molecule has 0 amide bonds. The molecule has 2 atom stereocenters. The fourth-order valence-corrected chi connectivity index (χ4v) is 3.49. The van der Waals surface area contributed by atoms with E-state index in [1.165, 1.54) is 6.07 Å². The molecule has 1 saturated heterocycles. The summed E-state index contributed by atoms with van der Waals surface area (Å²) in [4.78, 5) is 0. The molecule has 3 N–H and O–H groups in total. The van der Waals surface area contributed by atoms with Crippen LogP contribution in [-0.2, 0) is 0 Å². The number of hydrogen-bond donors (Lipinski definition) is 2. The molecule has 0 saturated carbocycles. The maximum absolute atomic E-state index is 13.8. The number of hydrogen-bond acceptors (Lipinski definition) is 3. The second-order valence-corrected chi connectivity index (χ2v) is 5.44. The van der Waals surface area contributed by atoms with Crippen LogP contribution in [0, 0.1) is 18.7 Å². The van der Waals surface area contributed by atoms with E-state index in [9.17, 15) is 4.39 Å². The standard InChI is InChI=1S/C12H17FN2S/c1-8-2-3-11(13)10(6-8)12(15-14)9-4-5-16-7-9/h2-3,6,9,12,15H,4-5,7,14H2,1H3. The van der Waals surface area contributed by atoms with Crippen LogP contribution in [0.5, 0.6) is 0 Å². The summed E-state index contributed by atoms with van der Waals surface area (Å²) < 4.78 is 13.8. The van der Waals surface area contributed by atoms with Gasteiger partial charge in [0.2, 0.25) is 0 Å². The molecule has 0 aliphatic carbocycles. The molecule has 1 aromatic carbocycles. The number of rotatable bonds is 3. The molecule has 0 bridgehead atoms. The van der Waals surface area contributed by atoms with Gasteiger partial charge in [0.05, 0.1) is 6.04 Å². The van der Waals surface area contributed by atoms with E-state index in [0.29, 0.717) is 11.5 Å². The Balaban J connectivity index is 2.28. The summed E-state index contributed by atoms with van der Waals surface area (Å²) in [5.41, 5.74) is 4.55. The SMILES string of the molecule is Cc1ccc(F)c(C(NN)C2CCSC2)c1. The minimum atomic E-state index is -0.162. The van der Waals surface area contributed by atoms with Crippen molar-refractivity contribution in [2.24, 2.45) is 11.8 Å². The van der Waals surface area contributed by atoms with Crippen LogP contribution in [-0.4, -0.2) is 11.5 Å². The summed E-state index contributed by atoms with van der Waals surface area (Å²) in [5.74, 6) is 8.06. The molecule has 2 nitrogen and oxygen atoms in total. The predicted molar refractivity (Wildman–Crippen MR) is 66.6 cm³/mol. The molecular formula is C12H17FN2S. The van der Waals surface area contributed by atoms with Gasteiger partial charge < -0.3 is 0 Å². The first kappa shape index (κ1) is 11.9. The predicted octanol–water partition coefficient (Wildman–Crippen LogP) is 2.39. The molecular weight excluding hydrogens is 223 g/mol. The Kier molecular flexibility index (Phi) is 3.84. The lowest BCUT2D eigenvalue weighted by molar-refractivity contribution is 0.387. The van der Waals surface area contributed by atoms with E-state index in [1.807, 2.05) is 24.8 Å². The van der Waals surface area contributed by atoms with E-state index in [4.69, 9.17) is 5.84 Å². The highest BCUT2D eigenvalue weighted by Crippen LogP contribution is 2.34. The Labute approximate surface area is 99.8 Å². The van der Waals surface area contributed by atoms with Crippen LogP contribution in [0.4, 0.5) is 4.39 Å². The van der Waals surface area contributed by atoms with E-state index < -0.39 is 0 Å². The number of nitrogens with two attached hydrogens (primary N) is 1. The van der Waals surface area contributed by atoms with Crippen molar-refractivity contribution in [2.75, 3.05) is 11.5 Å². The molecule has 88 valence electrons. The minimum Gasteiger partial charge on any atom is -0.271 e. The van der Waals surface area contributed by atoms with Crippen LogP contribution in [0.1, 0.15) is 23.6 Å². The van der Waals surface area contributed by atoms with Crippen molar-refractivity contribution >= 4 is 11.8 Å². The van der Waals surface area contributed by atoms with Gasteiger partial charge in [-0.3, -0.25) is 11.3 Å². The van der Waals surface area contributed by atoms with Crippen molar-refractivity contribution in [2.45, 2.75) is 19.4 Å². The topological polar surface area (TPSA) is 38.0 Å². The van der Waals surface area contributed by atoms with Gasteiger partial charge >= 0.3 is 0 Å². The Morgan fingerprint density at radius 1 is 1.56 bits per heavy atom. The van der Waals surface area contributed by atoms with Gasteiger partial charge in [0.1, 0.15) is 5.82 Å². The Bertz CT molecular complexity index is 364. The Hall–Kier alpha value is -0.580. The van der Waals surface area contributed by atoms with Crippen LogP contribution < -0.4 is 11.3 Å². The molecule has 1 aromatic rings. The zero-order chi connectivity index (χ0) is 11.5. The van der Waals surface area contributed by atoms with Gasteiger partial charge in [-0.05, 0) is 36.8 Å². The van der Waals surface area contributed by atoms with Gasteiger partial charge in [-0.1, -0.05) is 17.7 Å². The van der Waals surface area contributed by atoms with Crippen molar-refractivity contribution in [1.82, 2.24) is 5.43 Å². The second kappa shape index (κ2) is 5.17. The fraction of sp³-hybridized carbons (Fsp3) is 0.500. The van der Waals surface area contributed by atoms with Gasteiger partial charge in [-0.2, -0.15) is 11.8 Å². The van der Waals surface area contributed by atoms with Crippen LogP contribution in [0.25, 0.3) is 0 Å². The molecule has 1 aliphatic heterocycles. The van der Waals surface area contributed by atoms with E-state index in [0.717, 1.165) is 23.5 Å². The smallest absolute Gasteiger partial charge is 0.128 e. The van der Waals surface area contributed by atoms with E-state index in [2.05, 4.69) is 5.43 Å². The van der Waals surface area contributed by atoms with E-state index in [-0.39, 0.29) is 11.9 Å². The Morgan fingerprint density at radius 2 is 2.38 bits per heavy atom. The summed E-state index contributed by atoms with van der Waals surface area (Å²) in [6, 6.07) is 5.14. The highest BCUT2D eigenvalue weighted by Gasteiger charge is 2.27. The van der Waals surface area contributed by atoms with E-state index >= 15 is 0 Å². The summed E-state index contributed by atoms with van der Waals surface area (Å²) in [5, 5.41) is 0. The van der Waals surface area contributed by atoms with Gasteiger partial charge in [0.25, 0.3) is 0 Å². The molecule has 1 aliphatic rings. The number of thioether (sulfide) groups is 1. The number of halogens is 1. The summed E-state index contributed by atoms with van der Waals surface area (Å²) in [6.45, 7) is 1.97. The molecule has 1 fully saturated rings. The zero-order valence-corrected chi connectivity index (χ0v) is 10.2. The lowest BCUT2D eigenvalue weighted by Crippen LogP contribution is -2.34. The second-order valence-electron chi connectivity index (χ2n) is 4.29. The first-order valence-electron chi connectivity index (χ1n) is 5.52. The number of benzene rings is 1. The third-order valence-corrected chi connectivity index (χ3v) is 4.29. The first-order valence-corrected chi connectivity index (χ1v) is 6.67. The molecule has 4 heteroatoms. The zero-order valence-electron chi connectivity index (χ0n) is 9.37. The van der Waals surface area contributed by atoms with Crippen molar-refractivity contribution in [1.29, 1.82) is 0 Å². The number of nitrogens with one attached hydrogen (secondary N) is 1. The van der Waals surface area contributed by atoms with Gasteiger partial charge in [-0.25, -0.2) is 4.39 Å². The van der Waals surface area contributed by atoms with Crippen molar-refractivity contribution in [3.8, 4) is 0 Å². The maximum Gasteiger partial charge on any atom is 0.128 e. The lowest BCUT2D eigenvalue weighted by Gasteiger charge is -2.23. The fourth-order valence-electron chi connectivity index (χ4n) is 2.20. The van der Waals surface area contributed by atoms with Crippen LogP contribution in [0.2, 0.25) is 0 Å². The number of aryl methyl sites for hydroxylation is 1. The molecule has 0 spiro atoms. The van der Waals surface area contributed by atoms with Crippen molar-refractivity contribution in [3.63, 3.8) is 0 Å². The average Bonchev–Trinajstić information content (AvgIpc) is 2.78. The average molecular weight is 240 g/mol. The monoisotopic (exact) mass is 240 g/mol. The minimum absolute atomic E-state index is 0.0603. The van der Waals surface area contributed by atoms with Crippen LogP contribution in [0.3, 0.4) is 0 Å². The van der Waals surface area contributed by atoms with Gasteiger partial charge in [0, 0.05) is 5.56 Å². The third-order valence-electron chi connectivity index (χ3n) is 3.10. The molecule has 2 unspecified atom stereocenters. The molecule has 2 rings (SSSR count). The van der Waals surface area contributed by atoms with Crippen molar-refractivity contribution in [3.05, 3.63) is 35.1 Å². The van der Waals surface area contributed by atoms with E-state index in [1.54, 1.807) is 6.07 Å². The lowest BCUT2D eigenvalue weighted by atomic mass is 9.92. The first-order chi connectivity index (χ1) is 7.72. The van der Waals surface area contributed by atoms with Crippen LogP contribution >= 0.6 is 11.8 Å². The summed E-state index contributed by atoms with van der Waals surface area (Å²) >= 11 is 1.91. The largest absolute Gasteiger partial charge is 0.271 e. The molecule has 0 aromatic heterocycles. The van der Waals surface area contributed by atoms with Gasteiger partial charge in [0.15, 0.2) is 0 Å². The quantitative estimate of drug-likeness (QED) is 0.629. The van der Waals surface area contributed by atoms with Crippen molar-refractivity contribution < 1.29 is 4.39 Å². The highest BCUT2D eigenvalue weighted by molar-refractivity contribution is 7.99. The summed E-state index contributed by atoms with van der Waals surface area (Å²) in [6.07, 6.45) is 1.10.